The average Bonchev–Trinajstić information content (AvgIpc) is 3.53. The molecule has 186 valence electrons. The van der Waals surface area contributed by atoms with Crippen molar-refractivity contribution in [1.29, 1.82) is 0 Å². The van der Waals surface area contributed by atoms with Crippen molar-refractivity contribution < 1.29 is 4.79 Å². The highest BCUT2D eigenvalue weighted by Gasteiger charge is 2.28. The number of aromatic nitrogens is 1. The number of thiazole rings is 1. The van der Waals surface area contributed by atoms with Gasteiger partial charge in [-0.1, -0.05) is 78.9 Å². The number of nitrogens with zero attached hydrogens (tertiary/aromatic N) is 2. The lowest BCUT2D eigenvalue weighted by atomic mass is 10.0. The molecule has 3 heterocycles. The SMILES string of the molecule is O=C(Nc1sc2c(c1-c1nc3ccccc3s1)CCN(Cc1ccccc1)C2)c1cccc2ccccc12. The van der Waals surface area contributed by atoms with Crippen LogP contribution in [0.3, 0.4) is 0 Å². The molecule has 0 saturated carbocycles. The minimum absolute atomic E-state index is 0.0797. The number of amides is 1. The third-order valence-electron chi connectivity index (χ3n) is 7.15. The maximum atomic E-state index is 13.7. The Hall–Kier alpha value is -3.84. The van der Waals surface area contributed by atoms with E-state index in [0.29, 0.717) is 5.56 Å². The molecule has 4 nitrogen and oxygen atoms in total. The van der Waals surface area contributed by atoms with Crippen LogP contribution in [0.1, 0.15) is 26.4 Å². The van der Waals surface area contributed by atoms with E-state index in [4.69, 9.17) is 4.98 Å². The van der Waals surface area contributed by atoms with Crippen LogP contribution in [-0.4, -0.2) is 22.3 Å². The summed E-state index contributed by atoms with van der Waals surface area (Å²) in [7, 11) is 0. The van der Waals surface area contributed by atoms with Crippen LogP contribution in [0.25, 0.3) is 31.6 Å². The summed E-state index contributed by atoms with van der Waals surface area (Å²) in [5.74, 6) is -0.0797. The van der Waals surface area contributed by atoms with Crippen LogP contribution in [-0.2, 0) is 19.5 Å². The summed E-state index contributed by atoms with van der Waals surface area (Å²) >= 11 is 3.40. The topological polar surface area (TPSA) is 45.2 Å². The van der Waals surface area contributed by atoms with Gasteiger partial charge in [-0.2, -0.15) is 0 Å². The van der Waals surface area contributed by atoms with Gasteiger partial charge in [0.05, 0.1) is 10.2 Å². The molecule has 0 fully saturated rings. The number of carbonyl (C=O) groups is 1. The average molecular weight is 532 g/mol. The van der Waals surface area contributed by atoms with Gasteiger partial charge in [-0.25, -0.2) is 4.98 Å². The molecule has 0 bridgehead atoms. The smallest absolute Gasteiger partial charge is 0.256 e. The van der Waals surface area contributed by atoms with E-state index in [-0.39, 0.29) is 5.91 Å². The summed E-state index contributed by atoms with van der Waals surface area (Å²) in [5, 5.41) is 7.21. The van der Waals surface area contributed by atoms with Gasteiger partial charge < -0.3 is 5.32 Å². The molecule has 7 rings (SSSR count). The zero-order chi connectivity index (χ0) is 25.5. The van der Waals surface area contributed by atoms with E-state index < -0.39 is 0 Å². The highest BCUT2D eigenvalue weighted by Crippen LogP contribution is 2.46. The lowest BCUT2D eigenvalue weighted by Crippen LogP contribution is -2.29. The first-order valence-electron chi connectivity index (χ1n) is 12.8. The number of rotatable bonds is 5. The predicted octanol–water partition coefficient (Wildman–Crippen LogP) is 7.99. The molecule has 1 N–H and O–H groups in total. The largest absolute Gasteiger partial charge is 0.313 e. The van der Waals surface area contributed by atoms with E-state index in [1.165, 1.54) is 16.0 Å². The van der Waals surface area contributed by atoms with Crippen LogP contribution >= 0.6 is 22.7 Å². The number of para-hydroxylation sites is 1. The standard InChI is InChI=1S/C32H25N3OS2/c36-30(24-14-8-12-22-11-4-5-13-23(22)24)34-32-29(31-33-26-15-6-7-16-27(26)37-31)25-17-18-35(20-28(25)38-32)19-21-9-2-1-3-10-21/h1-16H,17-20H2,(H,34,36). The summed E-state index contributed by atoms with van der Waals surface area (Å²) < 4.78 is 1.16. The van der Waals surface area contributed by atoms with Crippen LogP contribution in [0.15, 0.2) is 97.1 Å². The molecule has 0 saturated heterocycles. The molecule has 0 spiro atoms. The molecule has 0 unspecified atom stereocenters. The van der Waals surface area contributed by atoms with Crippen molar-refractivity contribution in [2.75, 3.05) is 11.9 Å². The Kier molecular flexibility index (Phi) is 6.01. The quantitative estimate of drug-likeness (QED) is 0.245. The Labute approximate surface area is 229 Å². The molecular weight excluding hydrogens is 507 g/mol. The van der Waals surface area contributed by atoms with Crippen molar-refractivity contribution >= 4 is 54.6 Å². The number of fused-ring (bicyclic) bond motifs is 3. The van der Waals surface area contributed by atoms with Crippen LogP contribution < -0.4 is 5.32 Å². The highest BCUT2D eigenvalue weighted by atomic mass is 32.1. The summed E-state index contributed by atoms with van der Waals surface area (Å²) in [4.78, 5) is 22.5. The van der Waals surface area contributed by atoms with Gasteiger partial charge in [0, 0.05) is 35.6 Å². The van der Waals surface area contributed by atoms with Crippen LogP contribution in [0.5, 0.6) is 0 Å². The molecule has 6 heteroatoms. The van der Waals surface area contributed by atoms with E-state index in [0.717, 1.165) is 62.6 Å². The summed E-state index contributed by atoms with van der Waals surface area (Å²) in [6.07, 6.45) is 0.939. The van der Waals surface area contributed by atoms with Gasteiger partial charge in [-0.15, -0.1) is 22.7 Å². The summed E-state index contributed by atoms with van der Waals surface area (Å²) in [6, 6.07) is 32.8. The first kappa shape index (κ1) is 23.3. The van der Waals surface area contributed by atoms with E-state index in [9.17, 15) is 4.79 Å². The number of anilines is 1. The molecule has 0 atom stereocenters. The second-order valence-electron chi connectivity index (χ2n) is 9.62. The van der Waals surface area contributed by atoms with E-state index in [1.54, 1.807) is 22.7 Å². The van der Waals surface area contributed by atoms with E-state index >= 15 is 0 Å². The Morgan fingerprint density at radius 3 is 2.55 bits per heavy atom. The van der Waals surface area contributed by atoms with Crippen molar-refractivity contribution in [3.8, 4) is 10.6 Å². The second kappa shape index (κ2) is 9.80. The lowest BCUT2D eigenvalue weighted by molar-refractivity contribution is 0.102. The van der Waals surface area contributed by atoms with Gasteiger partial charge in [-0.05, 0) is 46.5 Å². The van der Waals surface area contributed by atoms with Gasteiger partial charge in [0.15, 0.2) is 0 Å². The fourth-order valence-corrected chi connectivity index (χ4v) is 7.72. The zero-order valence-corrected chi connectivity index (χ0v) is 22.3. The maximum absolute atomic E-state index is 13.7. The molecular formula is C32H25N3OS2. The third kappa shape index (κ3) is 4.31. The summed E-state index contributed by atoms with van der Waals surface area (Å²) in [5.41, 5.74) is 5.44. The summed E-state index contributed by atoms with van der Waals surface area (Å²) in [6.45, 7) is 2.77. The second-order valence-corrected chi connectivity index (χ2v) is 11.8. The monoisotopic (exact) mass is 531 g/mol. The van der Waals surface area contributed by atoms with E-state index in [2.05, 4.69) is 58.7 Å². The number of thiophene rings is 1. The Balaban J connectivity index is 1.28. The Bertz CT molecular complexity index is 1750. The molecule has 0 aliphatic carbocycles. The normalized spacial score (nSPS) is 13.6. The van der Waals surface area contributed by atoms with Gasteiger partial charge in [0.2, 0.25) is 0 Å². The minimum Gasteiger partial charge on any atom is -0.313 e. The number of hydrogen-bond donors (Lipinski definition) is 1. The number of carbonyl (C=O) groups excluding carboxylic acids is 1. The minimum atomic E-state index is -0.0797. The highest BCUT2D eigenvalue weighted by molar-refractivity contribution is 7.23. The molecule has 4 aromatic carbocycles. The van der Waals surface area contributed by atoms with Crippen molar-refractivity contribution in [1.82, 2.24) is 9.88 Å². The van der Waals surface area contributed by atoms with Crippen molar-refractivity contribution in [2.24, 2.45) is 0 Å². The predicted molar refractivity (Wildman–Crippen MR) is 159 cm³/mol. The van der Waals surface area contributed by atoms with Crippen LogP contribution in [0.4, 0.5) is 5.00 Å². The van der Waals surface area contributed by atoms with Crippen LogP contribution in [0.2, 0.25) is 0 Å². The van der Waals surface area contributed by atoms with E-state index in [1.807, 2.05) is 48.5 Å². The van der Waals surface area contributed by atoms with Crippen molar-refractivity contribution in [3.63, 3.8) is 0 Å². The third-order valence-corrected chi connectivity index (χ3v) is 9.34. The van der Waals surface area contributed by atoms with Gasteiger partial charge in [0.1, 0.15) is 10.0 Å². The first-order valence-corrected chi connectivity index (χ1v) is 14.4. The molecule has 1 amide bonds. The molecule has 0 radical (unpaired) electrons. The van der Waals surface area contributed by atoms with Crippen molar-refractivity contribution in [2.45, 2.75) is 19.5 Å². The molecule has 38 heavy (non-hydrogen) atoms. The molecule has 1 aliphatic rings. The number of benzene rings is 4. The first-order chi connectivity index (χ1) is 18.7. The lowest BCUT2D eigenvalue weighted by Gasteiger charge is -2.27. The van der Waals surface area contributed by atoms with Crippen LogP contribution in [0, 0.1) is 0 Å². The number of nitrogens with one attached hydrogen (secondary N) is 1. The Morgan fingerprint density at radius 1 is 0.868 bits per heavy atom. The molecule has 1 aliphatic heterocycles. The fraction of sp³-hybridized carbons (Fsp3) is 0.125. The Morgan fingerprint density at radius 2 is 1.66 bits per heavy atom. The van der Waals surface area contributed by atoms with Crippen molar-refractivity contribution in [3.05, 3.63) is 119 Å². The zero-order valence-electron chi connectivity index (χ0n) is 20.7. The van der Waals surface area contributed by atoms with Gasteiger partial charge >= 0.3 is 0 Å². The number of hydrogen-bond acceptors (Lipinski definition) is 5. The molecule has 2 aromatic heterocycles. The van der Waals surface area contributed by atoms with Gasteiger partial charge in [0.25, 0.3) is 5.91 Å². The molecule has 6 aromatic rings. The maximum Gasteiger partial charge on any atom is 0.256 e. The fourth-order valence-electron chi connectivity index (χ4n) is 5.32. The van der Waals surface area contributed by atoms with Gasteiger partial charge in [-0.3, -0.25) is 9.69 Å².